The van der Waals surface area contributed by atoms with Crippen molar-refractivity contribution in [3.63, 3.8) is 0 Å². The van der Waals surface area contributed by atoms with Crippen molar-refractivity contribution in [1.82, 2.24) is 4.98 Å². The lowest BCUT2D eigenvalue weighted by atomic mass is 10.2. The molecule has 0 aliphatic carbocycles. The van der Waals surface area contributed by atoms with Crippen molar-refractivity contribution in [2.45, 2.75) is 13.5 Å². The minimum atomic E-state index is -0.321. The number of rotatable bonds is 4. The molecule has 0 fully saturated rings. The highest BCUT2D eigenvalue weighted by Crippen LogP contribution is 2.15. The first-order chi connectivity index (χ1) is 10.1. The van der Waals surface area contributed by atoms with Gasteiger partial charge in [-0.15, -0.1) is 0 Å². The van der Waals surface area contributed by atoms with Crippen LogP contribution in [0.1, 0.15) is 23.0 Å². The molecule has 2 aromatic rings. The van der Waals surface area contributed by atoms with Crippen molar-refractivity contribution in [3.05, 3.63) is 53.9 Å². The smallest absolute Gasteiger partial charge is 0.274 e. The van der Waals surface area contributed by atoms with Gasteiger partial charge >= 0.3 is 0 Å². The van der Waals surface area contributed by atoms with Gasteiger partial charge in [-0.25, -0.2) is 0 Å². The highest BCUT2D eigenvalue weighted by Gasteiger charge is 2.08. The van der Waals surface area contributed by atoms with Crippen LogP contribution in [0.2, 0.25) is 0 Å². The van der Waals surface area contributed by atoms with Gasteiger partial charge in [0.1, 0.15) is 5.69 Å². The van der Waals surface area contributed by atoms with E-state index in [1.165, 1.54) is 6.92 Å². The molecule has 6 heteroatoms. The standard InChI is InChI=1S/C15H16N4O2/c1-10(20)18-12-3-2-4-13(7-12)19-15(21)14-6-5-11(8-16)9-17-14/h2-7,9H,8,16H2,1H3,(H,18,20)(H,19,21). The molecule has 0 radical (unpaired) electrons. The summed E-state index contributed by atoms with van der Waals surface area (Å²) in [5, 5.41) is 5.38. The molecule has 6 nitrogen and oxygen atoms in total. The van der Waals surface area contributed by atoms with Gasteiger partial charge in [0.15, 0.2) is 0 Å². The number of nitrogens with two attached hydrogens (primary N) is 1. The number of aromatic nitrogens is 1. The van der Waals surface area contributed by atoms with Crippen LogP contribution in [0.25, 0.3) is 0 Å². The minimum Gasteiger partial charge on any atom is -0.326 e. The molecule has 1 heterocycles. The lowest BCUT2D eigenvalue weighted by molar-refractivity contribution is -0.114. The Labute approximate surface area is 122 Å². The summed E-state index contributed by atoms with van der Waals surface area (Å²) in [7, 11) is 0. The maximum atomic E-state index is 12.1. The van der Waals surface area contributed by atoms with E-state index in [9.17, 15) is 9.59 Å². The lowest BCUT2D eigenvalue weighted by Crippen LogP contribution is -2.14. The molecular weight excluding hydrogens is 268 g/mol. The topological polar surface area (TPSA) is 97.1 Å². The van der Waals surface area contributed by atoms with Crippen molar-refractivity contribution in [3.8, 4) is 0 Å². The van der Waals surface area contributed by atoms with Gasteiger partial charge in [-0.1, -0.05) is 12.1 Å². The Balaban J connectivity index is 2.09. The van der Waals surface area contributed by atoms with E-state index in [0.29, 0.717) is 23.6 Å². The molecule has 0 saturated heterocycles. The molecule has 0 saturated carbocycles. The number of pyridine rings is 1. The van der Waals surface area contributed by atoms with Gasteiger partial charge in [-0.3, -0.25) is 14.6 Å². The number of nitrogens with zero attached hydrogens (tertiary/aromatic N) is 1. The van der Waals surface area contributed by atoms with Crippen molar-refractivity contribution < 1.29 is 9.59 Å². The van der Waals surface area contributed by atoms with E-state index in [-0.39, 0.29) is 11.8 Å². The number of benzene rings is 1. The van der Waals surface area contributed by atoms with Crippen LogP contribution in [0, 0.1) is 0 Å². The highest BCUT2D eigenvalue weighted by atomic mass is 16.2. The maximum Gasteiger partial charge on any atom is 0.274 e. The Morgan fingerprint density at radius 3 is 2.43 bits per heavy atom. The molecule has 2 rings (SSSR count). The van der Waals surface area contributed by atoms with Crippen LogP contribution in [0.15, 0.2) is 42.6 Å². The number of hydrogen-bond donors (Lipinski definition) is 3. The largest absolute Gasteiger partial charge is 0.326 e. The molecule has 0 spiro atoms. The zero-order chi connectivity index (χ0) is 15.2. The van der Waals surface area contributed by atoms with Crippen molar-refractivity contribution in [1.29, 1.82) is 0 Å². The zero-order valence-corrected chi connectivity index (χ0v) is 11.6. The van der Waals surface area contributed by atoms with Gasteiger partial charge in [0.25, 0.3) is 5.91 Å². The minimum absolute atomic E-state index is 0.169. The predicted octanol–water partition coefficient (Wildman–Crippen LogP) is 1.75. The lowest BCUT2D eigenvalue weighted by Gasteiger charge is -2.07. The van der Waals surface area contributed by atoms with Crippen LogP contribution in [-0.2, 0) is 11.3 Å². The normalized spacial score (nSPS) is 10.0. The number of anilines is 2. The third-order valence-corrected chi connectivity index (χ3v) is 2.73. The fraction of sp³-hybridized carbons (Fsp3) is 0.133. The molecule has 0 aliphatic rings. The summed E-state index contributed by atoms with van der Waals surface area (Å²) < 4.78 is 0. The van der Waals surface area contributed by atoms with E-state index in [1.54, 1.807) is 42.6 Å². The third kappa shape index (κ3) is 4.12. The molecule has 1 aromatic carbocycles. The van der Waals surface area contributed by atoms with E-state index < -0.39 is 0 Å². The first kappa shape index (κ1) is 14.7. The van der Waals surface area contributed by atoms with Gasteiger partial charge in [0, 0.05) is 31.0 Å². The number of carbonyl (C=O) groups excluding carboxylic acids is 2. The number of amides is 2. The summed E-state index contributed by atoms with van der Waals surface area (Å²) in [6, 6.07) is 10.3. The number of nitrogens with one attached hydrogen (secondary N) is 2. The molecule has 0 atom stereocenters. The fourth-order valence-corrected chi connectivity index (χ4v) is 1.75. The SMILES string of the molecule is CC(=O)Nc1cccc(NC(=O)c2ccc(CN)cn2)c1. The molecular formula is C15H16N4O2. The molecule has 1 aromatic heterocycles. The van der Waals surface area contributed by atoms with Crippen LogP contribution < -0.4 is 16.4 Å². The average molecular weight is 284 g/mol. The van der Waals surface area contributed by atoms with E-state index in [1.807, 2.05) is 0 Å². The third-order valence-electron chi connectivity index (χ3n) is 2.73. The first-order valence-corrected chi connectivity index (χ1v) is 6.42. The molecule has 0 unspecified atom stereocenters. The number of carbonyl (C=O) groups is 2. The Kier molecular flexibility index (Phi) is 4.63. The van der Waals surface area contributed by atoms with Crippen molar-refractivity contribution in [2.75, 3.05) is 10.6 Å². The van der Waals surface area contributed by atoms with Gasteiger partial charge in [-0.05, 0) is 29.8 Å². The van der Waals surface area contributed by atoms with Crippen LogP contribution >= 0.6 is 0 Å². The van der Waals surface area contributed by atoms with Crippen LogP contribution in [0.4, 0.5) is 11.4 Å². The highest BCUT2D eigenvalue weighted by molar-refractivity contribution is 6.03. The van der Waals surface area contributed by atoms with Crippen molar-refractivity contribution in [2.24, 2.45) is 5.73 Å². The van der Waals surface area contributed by atoms with Gasteiger partial charge < -0.3 is 16.4 Å². The Hall–Kier alpha value is -2.73. The number of hydrogen-bond acceptors (Lipinski definition) is 4. The van der Waals surface area contributed by atoms with E-state index in [2.05, 4.69) is 15.6 Å². The molecule has 2 amide bonds. The molecule has 0 bridgehead atoms. The quantitative estimate of drug-likeness (QED) is 0.796. The fourth-order valence-electron chi connectivity index (χ4n) is 1.75. The first-order valence-electron chi connectivity index (χ1n) is 6.42. The van der Waals surface area contributed by atoms with Crippen LogP contribution in [0.5, 0.6) is 0 Å². The Bertz CT molecular complexity index is 653. The predicted molar refractivity (Wildman–Crippen MR) is 80.8 cm³/mol. The summed E-state index contributed by atoms with van der Waals surface area (Å²) in [6.45, 7) is 1.81. The summed E-state index contributed by atoms with van der Waals surface area (Å²) >= 11 is 0. The molecule has 108 valence electrons. The van der Waals surface area contributed by atoms with Gasteiger partial charge in [-0.2, -0.15) is 0 Å². The summed E-state index contributed by atoms with van der Waals surface area (Å²) in [6.07, 6.45) is 1.57. The molecule has 21 heavy (non-hydrogen) atoms. The average Bonchev–Trinajstić information content (AvgIpc) is 2.47. The summed E-state index contributed by atoms with van der Waals surface area (Å²) in [5.74, 6) is -0.490. The van der Waals surface area contributed by atoms with Crippen LogP contribution in [0.3, 0.4) is 0 Å². The second-order valence-electron chi connectivity index (χ2n) is 4.47. The van der Waals surface area contributed by atoms with Crippen LogP contribution in [-0.4, -0.2) is 16.8 Å². The monoisotopic (exact) mass is 284 g/mol. The van der Waals surface area contributed by atoms with Gasteiger partial charge in [0.05, 0.1) is 0 Å². The van der Waals surface area contributed by atoms with E-state index >= 15 is 0 Å². The Morgan fingerprint density at radius 2 is 1.86 bits per heavy atom. The van der Waals surface area contributed by atoms with Crippen molar-refractivity contribution >= 4 is 23.2 Å². The zero-order valence-electron chi connectivity index (χ0n) is 11.6. The van der Waals surface area contributed by atoms with Gasteiger partial charge in [0.2, 0.25) is 5.91 Å². The van der Waals surface area contributed by atoms with E-state index in [0.717, 1.165) is 5.56 Å². The molecule has 4 N–H and O–H groups in total. The van der Waals surface area contributed by atoms with E-state index in [4.69, 9.17) is 5.73 Å². The second kappa shape index (κ2) is 6.62. The molecule has 0 aliphatic heterocycles. The Morgan fingerprint density at radius 1 is 1.14 bits per heavy atom. The second-order valence-corrected chi connectivity index (χ2v) is 4.47. The summed E-state index contributed by atoms with van der Waals surface area (Å²) in [4.78, 5) is 27.1. The maximum absolute atomic E-state index is 12.1. The summed E-state index contributed by atoms with van der Waals surface area (Å²) in [5.41, 5.74) is 7.84.